The summed E-state index contributed by atoms with van der Waals surface area (Å²) < 4.78 is 32.4. The molecule has 166 valence electrons. The van der Waals surface area contributed by atoms with Gasteiger partial charge in [-0.05, 0) is 79.4 Å². The molecule has 0 fully saturated rings. The first-order valence-electron chi connectivity index (χ1n) is 10.7. The average Bonchev–Trinajstić information content (AvgIpc) is 2.79. The summed E-state index contributed by atoms with van der Waals surface area (Å²) in [4.78, 5) is 12.7. The summed E-state index contributed by atoms with van der Waals surface area (Å²) in [5.74, 6) is 1.28. The van der Waals surface area contributed by atoms with E-state index in [1.54, 1.807) is 36.4 Å². The Morgan fingerprint density at radius 3 is 2.44 bits per heavy atom. The molecule has 0 atom stereocenters. The van der Waals surface area contributed by atoms with E-state index in [0.29, 0.717) is 35.7 Å². The molecule has 0 aromatic heterocycles. The quantitative estimate of drug-likeness (QED) is 0.535. The Morgan fingerprint density at radius 1 is 1.00 bits per heavy atom. The third kappa shape index (κ3) is 4.94. The number of nitrogens with one attached hydrogen (secondary N) is 1. The molecule has 1 aliphatic rings. The van der Waals surface area contributed by atoms with Gasteiger partial charge in [-0.15, -0.1) is 0 Å². The number of anilines is 2. The number of amides is 1. The van der Waals surface area contributed by atoms with Gasteiger partial charge in [0.1, 0.15) is 11.5 Å². The van der Waals surface area contributed by atoms with E-state index in [-0.39, 0.29) is 11.7 Å². The van der Waals surface area contributed by atoms with Gasteiger partial charge in [0.15, 0.2) is 0 Å². The third-order valence-electron chi connectivity index (χ3n) is 5.31. The molecule has 0 unspecified atom stereocenters. The van der Waals surface area contributed by atoms with Gasteiger partial charge in [0, 0.05) is 17.8 Å². The van der Waals surface area contributed by atoms with Crippen molar-refractivity contribution in [1.82, 2.24) is 0 Å². The maximum Gasteiger partial charge on any atom is 0.255 e. The molecule has 3 aromatic carbocycles. The highest BCUT2D eigenvalue weighted by atomic mass is 32.2. The van der Waals surface area contributed by atoms with E-state index >= 15 is 0 Å². The lowest BCUT2D eigenvalue weighted by Gasteiger charge is -2.30. The number of benzene rings is 3. The summed E-state index contributed by atoms with van der Waals surface area (Å²) in [5.41, 5.74) is 2.80. The number of hydrogen-bond donors (Lipinski definition) is 1. The van der Waals surface area contributed by atoms with Crippen molar-refractivity contribution in [2.24, 2.45) is 0 Å². The lowest BCUT2D eigenvalue weighted by Crippen LogP contribution is -2.37. The van der Waals surface area contributed by atoms with E-state index in [2.05, 4.69) is 5.32 Å². The summed E-state index contributed by atoms with van der Waals surface area (Å²) in [7, 11) is -3.32. The summed E-state index contributed by atoms with van der Waals surface area (Å²) in [6, 6.07) is 21.8. The molecule has 0 spiro atoms. The van der Waals surface area contributed by atoms with Crippen LogP contribution in [-0.2, 0) is 16.4 Å². The molecule has 32 heavy (non-hydrogen) atoms. The molecule has 1 amide bonds. The Labute approximate surface area is 188 Å². The molecule has 7 heteroatoms. The molecule has 1 heterocycles. The lowest BCUT2D eigenvalue weighted by atomic mass is 10.0. The van der Waals surface area contributed by atoms with Crippen LogP contribution in [-0.4, -0.2) is 26.6 Å². The smallest absolute Gasteiger partial charge is 0.255 e. The molecule has 1 N–H and O–H groups in total. The topological polar surface area (TPSA) is 75.7 Å². The van der Waals surface area contributed by atoms with Gasteiger partial charge in [-0.3, -0.25) is 9.10 Å². The largest absolute Gasteiger partial charge is 0.457 e. The first-order valence-corrected chi connectivity index (χ1v) is 12.3. The Bertz CT molecular complexity index is 1190. The van der Waals surface area contributed by atoms with Crippen LogP contribution in [0.25, 0.3) is 0 Å². The number of aryl methyl sites for hydroxylation is 1. The zero-order valence-corrected chi connectivity index (χ0v) is 18.8. The van der Waals surface area contributed by atoms with Gasteiger partial charge >= 0.3 is 0 Å². The van der Waals surface area contributed by atoms with E-state index in [0.717, 1.165) is 24.2 Å². The number of carbonyl (C=O) groups excluding carboxylic acids is 1. The van der Waals surface area contributed by atoms with Crippen molar-refractivity contribution in [1.29, 1.82) is 0 Å². The Balaban J connectivity index is 1.46. The number of nitrogens with zero attached hydrogens (tertiary/aromatic N) is 1. The van der Waals surface area contributed by atoms with Crippen LogP contribution in [0.1, 0.15) is 35.7 Å². The Hall–Kier alpha value is -3.32. The van der Waals surface area contributed by atoms with Gasteiger partial charge in [0.2, 0.25) is 10.0 Å². The fourth-order valence-corrected chi connectivity index (χ4v) is 5.42. The van der Waals surface area contributed by atoms with Crippen molar-refractivity contribution in [3.05, 3.63) is 83.9 Å². The van der Waals surface area contributed by atoms with Crippen molar-refractivity contribution < 1.29 is 17.9 Å². The first-order chi connectivity index (χ1) is 15.5. The number of carbonyl (C=O) groups is 1. The fraction of sp³-hybridized carbons (Fsp3) is 0.240. The number of para-hydroxylation sites is 1. The van der Waals surface area contributed by atoms with Gasteiger partial charge < -0.3 is 10.1 Å². The van der Waals surface area contributed by atoms with Crippen LogP contribution in [0.15, 0.2) is 72.8 Å². The molecule has 0 aliphatic carbocycles. The number of sulfonamides is 1. The second-order valence-electron chi connectivity index (χ2n) is 7.73. The zero-order chi connectivity index (χ0) is 22.6. The maximum absolute atomic E-state index is 12.7. The summed E-state index contributed by atoms with van der Waals surface area (Å²) in [6.45, 7) is 2.36. The molecule has 6 nitrogen and oxygen atoms in total. The highest BCUT2D eigenvalue weighted by Crippen LogP contribution is 2.32. The van der Waals surface area contributed by atoms with Crippen molar-refractivity contribution >= 4 is 27.3 Å². The van der Waals surface area contributed by atoms with Crippen molar-refractivity contribution in [3.63, 3.8) is 0 Å². The summed E-state index contributed by atoms with van der Waals surface area (Å²) >= 11 is 0. The Kier molecular flexibility index (Phi) is 6.46. The van der Waals surface area contributed by atoms with Crippen LogP contribution in [0, 0.1) is 0 Å². The predicted octanol–water partition coefficient (Wildman–Crippen LogP) is 5.22. The predicted molar refractivity (Wildman–Crippen MR) is 127 cm³/mol. The van der Waals surface area contributed by atoms with Gasteiger partial charge in [-0.2, -0.15) is 0 Å². The van der Waals surface area contributed by atoms with Gasteiger partial charge in [0.05, 0.1) is 11.4 Å². The molecular weight excluding hydrogens is 424 g/mol. The number of ether oxygens (including phenoxy) is 1. The van der Waals surface area contributed by atoms with Crippen LogP contribution in [0.4, 0.5) is 11.4 Å². The van der Waals surface area contributed by atoms with Crippen LogP contribution < -0.4 is 14.4 Å². The minimum Gasteiger partial charge on any atom is -0.457 e. The SMILES string of the molecule is CCCS(=O)(=O)N1CCCc2cc(NC(=O)c3ccc(Oc4ccccc4)cc3)ccc21. The molecule has 0 radical (unpaired) electrons. The normalized spacial score (nSPS) is 13.3. The second-order valence-corrected chi connectivity index (χ2v) is 9.74. The zero-order valence-electron chi connectivity index (χ0n) is 18.0. The molecule has 0 bridgehead atoms. The van der Waals surface area contributed by atoms with Gasteiger partial charge in [-0.25, -0.2) is 8.42 Å². The van der Waals surface area contributed by atoms with Crippen LogP contribution in [0.2, 0.25) is 0 Å². The Morgan fingerprint density at radius 2 is 1.72 bits per heavy atom. The molecule has 3 aromatic rings. The van der Waals surface area contributed by atoms with Gasteiger partial charge in [-0.1, -0.05) is 25.1 Å². The second kappa shape index (κ2) is 9.44. The average molecular weight is 451 g/mol. The highest BCUT2D eigenvalue weighted by molar-refractivity contribution is 7.92. The molecular formula is C25H26N2O4S. The van der Waals surface area contributed by atoms with Crippen LogP contribution in [0.5, 0.6) is 11.5 Å². The van der Waals surface area contributed by atoms with E-state index in [1.807, 2.05) is 43.3 Å². The molecule has 0 saturated carbocycles. The van der Waals surface area contributed by atoms with Crippen LogP contribution >= 0.6 is 0 Å². The number of fused-ring (bicyclic) bond motifs is 1. The number of hydrogen-bond acceptors (Lipinski definition) is 4. The highest BCUT2D eigenvalue weighted by Gasteiger charge is 2.27. The van der Waals surface area contributed by atoms with Crippen molar-refractivity contribution in [2.45, 2.75) is 26.2 Å². The standard InChI is InChI=1S/C25H26N2O4S/c1-2-17-32(29,30)27-16-6-7-20-18-21(12-15-24(20)27)26-25(28)19-10-13-23(14-11-19)31-22-8-4-3-5-9-22/h3-5,8-15,18H,2,6-7,16-17H2,1H3,(H,26,28). The summed E-state index contributed by atoms with van der Waals surface area (Å²) in [5, 5.41) is 2.91. The van der Waals surface area contributed by atoms with E-state index in [9.17, 15) is 13.2 Å². The minimum absolute atomic E-state index is 0.134. The van der Waals surface area contributed by atoms with E-state index < -0.39 is 10.0 Å². The van der Waals surface area contributed by atoms with E-state index in [1.165, 1.54) is 4.31 Å². The third-order valence-corrected chi connectivity index (χ3v) is 7.28. The summed E-state index contributed by atoms with van der Waals surface area (Å²) in [6.07, 6.45) is 2.12. The van der Waals surface area contributed by atoms with Crippen molar-refractivity contribution in [3.8, 4) is 11.5 Å². The number of rotatable bonds is 7. The van der Waals surface area contributed by atoms with Crippen LogP contribution in [0.3, 0.4) is 0 Å². The van der Waals surface area contributed by atoms with Crippen molar-refractivity contribution in [2.75, 3.05) is 21.9 Å². The molecule has 1 aliphatic heterocycles. The monoisotopic (exact) mass is 450 g/mol. The van der Waals surface area contributed by atoms with E-state index in [4.69, 9.17) is 4.74 Å². The fourth-order valence-electron chi connectivity index (χ4n) is 3.80. The maximum atomic E-state index is 12.7. The molecule has 0 saturated heterocycles. The first kappa shape index (κ1) is 21.9. The lowest BCUT2D eigenvalue weighted by molar-refractivity contribution is 0.102. The minimum atomic E-state index is -3.32. The molecule has 4 rings (SSSR count). The van der Waals surface area contributed by atoms with Gasteiger partial charge in [0.25, 0.3) is 5.91 Å².